The monoisotopic (exact) mass is 215 g/mol. The van der Waals surface area contributed by atoms with E-state index in [9.17, 15) is 13.2 Å². The lowest BCUT2D eigenvalue weighted by atomic mass is 10.1. The summed E-state index contributed by atoms with van der Waals surface area (Å²) in [6.07, 6.45) is 2.52. The summed E-state index contributed by atoms with van der Waals surface area (Å²) in [7, 11) is 0. The molecule has 0 spiro atoms. The van der Waals surface area contributed by atoms with Crippen molar-refractivity contribution in [3.05, 3.63) is 46.9 Å². The van der Waals surface area contributed by atoms with Crippen LogP contribution in [0.1, 0.15) is 18.9 Å². The molecule has 4 heteroatoms. The lowest BCUT2D eigenvalue weighted by Gasteiger charge is -2.04. The zero-order chi connectivity index (χ0) is 11.4. The molecular weight excluding hydrogens is 203 g/mol. The number of rotatable bonds is 3. The fourth-order valence-electron chi connectivity index (χ4n) is 1.25. The first kappa shape index (κ1) is 11.6. The lowest BCUT2D eigenvalue weighted by molar-refractivity contribution is 0.491. The van der Waals surface area contributed by atoms with Gasteiger partial charge in [0.2, 0.25) is 0 Å². The van der Waals surface area contributed by atoms with E-state index in [-0.39, 0.29) is 12.0 Å². The normalized spacial score (nSPS) is 11.9. The molecule has 0 fully saturated rings. The van der Waals surface area contributed by atoms with E-state index in [1.165, 1.54) is 0 Å². The number of hydrogen-bond acceptors (Lipinski definition) is 1. The van der Waals surface area contributed by atoms with Crippen LogP contribution in [0, 0.1) is 17.5 Å². The van der Waals surface area contributed by atoms with Gasteiger partial charge in [0.15, 0.2) is 11.6 Å². The van der Waals surface area contributed by atoms with Crippen LogP contribution in [0.3, 0.4) is 0 Å². The highest BCUT2D eigenvalue weighted by molar-refractivity contribution is 5.24. The predicted octanol–water partition coefficient (Wildman–Crippen LogP) is 2.90. The third-order valence-electron chi connectivity index (χ3n) is 1.95. The van der Waals surface area contributed by atoms with E-state index in [0.717, 1.165) is 12.5 Å². The van der Waals surface area contributed by atoms with Gasteiger partial charge in [0.05, 0.1) is 0 Å². The van der Waals surface area contributed by atoms with Gasteiger partial charge in [0.1, 0.15) is 5.82 Å². The second-order valence-electron chi connectivity index (χ2n) is 3.22. The van der Waals surface area contributed by atoms with Crippen LogP contribution in [0.15, 0.2) is 23.9 Å². The maximum Gasteiger partial charge on any atom is 0.161 e. The quantitative estimate of drug-likeness (QED) is 0.771. The van der Waals surface area contributed by atoms with Crippen molar-refractivity contribution < 1.29 is 13.2 Å². The summed E-state index contributed by atoms with van der Waals surface area (Å²) in [6.45, 7) is 1.88. The van der Waals surface area contributed by atoms with Crippen LogP contribution in [0.25, 0.3) is 0 Å². The molecule has 0 aromatic heterocycles. The average Bonchev–Trinajstić information content (AvgIpc) is 2.14. The number of halogens is 3. The summed E-state index contributed by atoms with van der Waals surface area (Å²) < 4.78 is 38.5. The van der Waals surface area contributed by atoms with E-state index in [1.54, 1.807) is 6.08 Å². The minimum atomic E-state index is -1.19. The van der Waals surface area contributed by atoms with Crippen molar-refractivity contribution in [3.63, 3.8) is 0 Å². The summed E-state index contributed by atoms with van der Waals surface area (Å²) in [4.78, 5) is 0. The number of hydrogen-bond donors (Lipinski definition) is 1. The Morgan fingerprint density at radius 2 is 1.80 bits per heavy atom. The molecule has 0 bridgehead atoms. The summed E-state index contributed by atoms with van der Waals surface area (Å²) in [5.41, 5.74) is 6.06. The lowest BCUT2D eigenvalue weighted by Crippen LogP contribution is -2.04. The third kappa shape index (κ3) is 3.01. The van der Waals surface area contributed by atoms with Gasteiger partial charge in [-0.25, -0.2) is 13.2 Å². The van der Waals surface area contributed by atoms with E-state index in [4.69, 9.17) is 5.73 Å². The molecule has 0 saturated carbocycles. The Morgan fingerprint density at radius 3 is 2.40 bits per heavy atom. The minimum absolute atomic E-state index is 0.0658. The Labute approximate surface area is 86.4 Å². The van der Waals surface area contributed by atoms with Crippen LogP contribution in [0.4, 0.5) is 13.2 Å². The van der Waals surface area contributed by atoms with E-state index < -0.39 is 17.5 Å². The Balaban J connectivity index is 2.95. The Bertz CT molecular complexity index is 386. The SMILES string of the molecule is CC/C=C(\N)Cc1cc(F)c(F)cc1F. The van der Waals surface area contributed by atoms with Gasteiger partial charge in [0, 0.05) is 18.2 Å². The standard InChI is InChI=1S/C11H12F3N/c1-2-3-8(15)4-7-5-10(13)11(14)6-9(7)12/h3,5-6H,2,4,15H2,1H3/b8-3-. The average molecular weight is 215 g/mol. The number of benzene rings is 1. The molecule has 82 valence electrons. The molecule has 2 N–H and O–H groups in total. The maximum absolute atomic E-state index is 13.1. The van der Waals surface area contributed by atoms with Gasteiger partial charge in [-0.3, -0.25) is 0 Å². The zero-order valence-corrected chi connectivity index (χ0v) is 8.36. The topological polar surface area (TPSA) is 26.0 Å². The molecule has 1 aromatic rings. The Kier molecular flexibility index (Phi) is 3.77. The summed E-state index contributed by atoms with van der Waals surface area (Å²) in [5.74, 6) is -3.02. The smallest absolute Gasteiger partial charge is 0.161 e. The maximum atomic E-state index is 13.1. The van der Waals surface area contributed by atoms with Crippen molar-refractivity contribution in [2.45, 2.75) is 19.8 Å². The fourth-order valence-corrected chi connectivity index (χ4v) is 1.25. The van der Waals surface area contributed by atoms with Crippen molar-refractivity contribution in [1.82, 2.24) is 0 Å². The van der Waals surface area contributed by atoms with Gasteiger partial charge in [-0.05, 0) is 18.1 Å². The fraction of sp³-hybridized carbons (Fsp3) is 0.273. The predicted molar refractivity (Wildman–Crippen MR) is 52.6 cm³/mol. The summed E-state index contributed by atoms with van der Waals surface area (Å²) >= 11 is 0. The highest BCUT2D eigenvalue weighted by atomic mass is 19.2. The first-order valence-corrected chi connectivity index (χ1v) is 4.62. The summed E-state index contributed by atoms with van der Waals surface area (Å²) in [6, 6.07) is 1.37. The molecule has 0 aliphatic rings. The van der Waals surface area contributed by atoms with E-state index >= 15 is 0 Å². The van der Waals surface area contributed by atoms with E-state index in [2.05, 4.69) is 0 Å². The van der Waals surface area contributed by atoms with Crippen LogP contribution in [-0.2, 0) is 6.42 Å². The molecule has 0 heterocycles. The molecule has 0 aliphatic heterocycles. The summed E-state index contributed by atoms with van der Waals surface area (Å²) in [5, 5.41) is 0. The van der Waals surface area contributed by atoms with Gasteiger partial charge in [-0.1, -0.05) is 13.0 Å². The molecule has 0 unspecified atom stereocenters. The van der Waals surface area contributed by atoms with Crippen LogP contribution < -0.4 is 5.73 Å². The van der Waals surface area contributed by atoms with Crippen LogP contribution in [-0.4, -0.2) is 0 Å². The van der Waals surface area contributed by atoms with Gasteiger partial charge >= 0.3 is 0 Å². The third-order valence-corrected chi connectivity index (χ3v) is 1.95. The number of nitrogens with two attached hydrogens (primary N) is 1. The molecule has 0 amide bonds. The van der Waals surface area contributed by atoms with Gasteiger partial charge in [-0.15, -0.1) is 0 Å². The van der Waals surface area contributed by atoms with Gasteiger partial charge in [0.25, 0.3) is 0 Å². The molecule has 0 atom stereocenters. The first-order valence-electron chi connectivity index (χ1n) is 4.62. The molecule has 1 aromatic carbocycles. The largest absolute Gasteiger partial charge is 0.402 e. The molecule has 0 aliphatic carbocycles. The van der Waals surface area contributed by atoms with Crippen molar-refractivity contribution in [3.8, 4) is 0 Å². The van der Waals surface area contributed by atoms with Crippen molar-refractivity contribution in [2.75, 3.05) is 0 Å². The van der Waals surface area contributed by atoms with Gasteiger partial charge in [-0.2, -0.15) is 0 Å². The Hall–Kier alpha value is -1.45. The van der Waals surface area contributed by atoms with E-state index in [0.29, 0.717) is 11.8 Å². The van der Waals surface area contributed by atoms with Gasteiger partial charge < -0.3 is 5.73 Å². The molecule has 0 saturated heterocycles. The minimum Gasteiger partial charge on any atom is -0.402 e. The highest BCUT2D eigenvalue weighted by Crippen LogP contribution is 2.15. The molecule has 0 radical (unpaired) electrons. The highest BCUT2D eigenvalue weighted by Gasteiger charge is 2.09. The zero-order valence-electron chi connectivity index (χ0n) is 8.36. The molecular formula is C11H12F3N. The molecule has 15 heavy (non-hydrogen) atoms. The number of allylic oxidation sites excluding steroid dienone is 2. The van der Waals surface area contributed by atoms with Crippen molar-refractivity contribution in [2.24, 2.45) is 5.73 Å². The van der Waals surface area contributed by atoms with E-state index in [1.807, 2.05) is 6.92 Å². The molecule has 1 nitrogen and oxygen atoms in total. The molecule has 1 rings (SSSR count). The second-order valence-corrected chi connectivity index (χ2v) is 3.22. The van der Waals surface area contributed by atoms with Crippen molar-refractivity contribution in [1.29, 1.82) is 0 Å². The second kappa shape index (κ2) is 4.87. The van der Waals surface area contributed by atoms with Crippen LogP contribution in [0.5, 0.6) is 0 Å². The first-order chi connectivity index (χ1) is 7.04. The Morgan fingerprint density at radius 1 is 1.20 bits per heavy atom. The van der Waals surface area contributed by atoms with Crippen molar-refractivity contribution >= 4 is 0 Å². The van der Waals surface area contributed by atoms with Crippen LogP contribution in [0.2, 0.25) is 0 Å². The van der Waals surface area contributed by atoms with Crippen LogP contribution >= 0.6 is 0 Å².